The molecule has 86 valence electrons. The molecule has 17 heavy (non-hydrogen) atoms. The van der Waals surface area contributed by atoms with Gasteiger partial charge in [0.25, 0.3) is 0 Å². The smallest absolute Gasteiger partial charge is 0.143 e. The number of benzene rings is 1. The molecule has 0 spiro atoms. The van der Waals surface area contributed by atoms with E-state index in [1.54, 1.807) is 6.20 Å². The second kappa shape index (κ2) is 4.37. The van der Waals surface area contributed by atoms with E-state index in [4.69, 9.17) is 4.74 Å². The van der Waals surface area contributed by atoms with Crippen LogP contribution >= 0.6 is 15.9 Å². The van der Waals surface area contributed by atoms with Gasteiger partial charge in [0, 0.05) is 10.7 Å². The van der Waals surface area contributed by atoms with Crippen molar-refractivity contribution < 1.29 is 4.74 Å². The third-order valence-electron chi connectivity index (χ3n) is 2.72. The van der Waals surface area contributed by atoms with Gasteiger partial charge in [-0.05, 0) is 30.3 Å². The highest BCUT2D eigenvalue weighted by atomic mass is 79.9. The van der Waals surface area contributed by atoms with Crippen molar-refractivity contribution in [1.29, 1.82) is 0 Å². The molecule has 0 aliphatic carbocycles. The summed E-state index contributed by atoms with van der Waals surface area (Å²) in [7, 11) is 0. The van der Waals surface area contributed by atoms with E-state index in [0.717, 1.165) is 21.6 Å². The Hall–Kier alpha value is -1.55. The molecule has 0 radical (unpaired) electrons. The van der Waals surface area contributed by atoms with Crippen molar-refractivity contribution >= 4 is 21.6 Å². The van der Waals surface area contributed by atoms with Gasteiger partial charge in [-0.15, -0.1) is 0 Å². The van der Waals surface area contributed by atoms with Gasteiger partial charge in [-0.1, -0.05) is 22.0 Å². The van der Waals surface area contributed by atoms with Crippen LogP contribution in [0.3, 0.4) is 0 Å². The number of nitrogens with zero attached hydrogens (tertiary/aromatic N) is 1. The largest absolute Gasteiger partial charge is 0.489 e. The van der Waals surface area contributed by atoms with E-state index in [1.807, 2.05) is 36.4 Å². The summed E-state index contributed by atoms with van der Waals surface area (Å²) in [6, 6.07) is 12.0. The molecule has 3 rings (SSSR count). The minimum absolute atomic E-state index is 0.116. The second-order valence-electron chi connectivity index (χ2n) is 3.90. The van der Waals surface area contributed by atoms with Crippen molar-refractivity contribution in [2.24, 2.45) is 0 Å². The minimum atomic E-state index is 0.116. The lowest BCUT2D eigenvalue weighted by molar-refractivity contribution is 0.284. The lowest BCUT2D eigenvalue weighted by Gasteiger charge is -2.27. The first kappa shape index (κ1) is 10.6. The van der Waals surface area contributed by atoms with Crippen molar-refractivity contribution in [3.8, 4) is 5.75 Å². The van der Waals surface area contributed by atoms with E-state index in [0.29, 0.717) is 6.61 Å². The van der Waals surface area contributed by atoms with Crippen molar-refractivity contribution in [2.45, 2.75) is 6.04 Å². The van der Waals surface area contributed by atoms with Crippen LogP contribution in [0.4, 0.5) is 5.69 Å². The monoisotopic (exact) mass is 290 g/mol. The fraction of sp³-hybridized carbons (Fsp3) is 0.154. The van der Waals surface area contributed by atoms with E-state index in [-0.39, 0.29) is 6.04 Å². The van der Waals surface area contributed by atoms with Crippen LogP contribution in [0, 0.1) is 0 Å². The number of hydrogen-bond acceptors (Lipinski definition) is 3. The van der Waals surface area contributed by atoms with Crippen molar-refractivity contribution in [2.75, 3.05) is 11.9 Å². The Morgan fingerprint density at radius 2 is 2.24 bits per heavy atom. The topological polar surface area (TPSA) is 34.1 Å². The van der Waals surface area contributed by atoms with Gasteiger partial charge in [-0.25, -0.2) is 0 Å². The van der Waals surface area contributed by atoms with Gasteiger partial charge in [-0.3, -0.25) is 4.98 Å². The van der Waals surface area contributed by atoms with E-state index < -0.39 is 0 Å². The van der Waals surface area contributed by atoms with Crippen molar-refractivity contribution in [1.82, 2.24) is 4.98 Å². The van der Waals surface area contributed by atoms with Crippen LogP contribution in [0.2, 0.25) is 0 Å². The maximum atomic E-state index is 5.74. The molecule has 4 heteroatoms. The maximum absolute atomic E-state index is 5.74. The zero-order valence-corrected chi connectivity index (χ0v) is 10.6. The quantitative estimate of drug-likeness (QED) is 0.874. The number of nitrogens with one attached hydrogen (secondary N) is 1. The zero-order valence-electron chi connectivity index (χ0n) is 9.06. The highest BCUT2D eigenvalue weighted by Gasteiger charge is 2.20. The average molecular weight is 291 g/mol. The lowest BCUT2D eigenvalue weighted by atomic mass is 10.1. The molecule has 2 heterocycles. The van der Waals surface area contributed by atoms with Gasteiger partial charge < -0.3 is 10.1 Å². The molecule has 0 amide bonds. The van der Waals surface area contributed by atoms with Gasteiger partial charge in [0.1, 0.15) is 18.4 Å². The van der Waals surface area contributed by atoms with Crippen LogP contribution in [-0.4, -0.2) is 11.6 Å². The first-order chi connectivity index (χ1) is 8.33. The van der Waals surface area contributed by atoms with Crippen molar-refractivity contribution in [3.63, 3.8) is 0 Å². The Bertz CT molecular complexity index is 530. The molecule has 1 aliphatic heterocycles. The predicted octanol–water partition coefficient (Wildman–Crippen LogP) is 3.39. The maximum Gasteiger partial charge on any atom is 0.143 e. The molecule has 1 unspecified atom stereocenters. The Morgan fingerprint density at radius 3 is 3.06 bits per heavy atom. The predicted molar refractivity (Wildman–Crippen MR) is 70.2 cm³/mol. The minimum Gasteiger partial charge on any atom is -0.489 e. The number of fused-ring (bicyclic) bond motifs is 1. The summed E-state index contributed by atoms with van der Waals surface area (Å²) in [6.45, 7) is 0.598. The summed E-state index contributed by atoms with van der Waals surface area (Å²) in [6.07, 6.45) is 1.80. The Balaban J connectivity index is 1.88. The second-order valence-corrected chi connectivity index (χ2v) is 4.82. The Labute approximate surface area is 108 Å². The number of ether oxygens (including phenoxy) is 1. The van der Waals surface area contributed by atoms with E-state index in [1.165, 1.54) is 0 Å². The standard InChI is InChI=1S/C13H11BrN2O/c14-9-4-5-11-13(7-9)17-8-12(16-11)10-3-1-2-6-15-10/h1-7,12,16H,8H2. The highest BCUT2D eigenvalue weighted by Crippen LogP contribution is 2.35. The first-order valence-electron chi connectivity index (χ1n) is 5.43. The molecular formula is C13H11BrN2O. The van der Waals surface area contributed by atoms with Crippen LogP contribution in [0.15, 0.2) is 47.1 Å². The summed E-state index contributed by atoms with van der Waals surface area (Å²) >= 11 is 3.43. The summed E-state index contributed by atoms with van der Waals surface area (Å²) < 4.78 is 6.76. The number of rotatable bonds is 1. The van der Waals surface area contributed by atoms with Crippen LogP contribution in [0.25, 0.3) is 0 Å². The SMILES string of the molecule is Brc1ccc2c(c1)OCC(c1ccccn1)N2. The van der Waals surface area contributed by atoms with Gasteiger partial charge in [0.2, 0.25) is 0 Å². The van der Waals surface area contributed by atoms with Crippen molar-refractivity contribution in [3.05, 3.63) is 52.8 Å². The molecule has 0 saturated heterocycles. The molecule has 1 aromatic heterocycles. The van der Waals surface area contributed by atoms with E-state index in [2.05, 4.69) is 26.2 Å². The normalized spacial score (nSPS) is 17.8. The first-order valence-corrected chi connectivity index (χ1v) is 6.22. The summed E-state index contributed by atoms with van der Waals surface area (Å²) in [5.74, 6) is 0.881. The number of pyridine rings is 1. The number of anilines is 1. The molecule has 1 N–H and O–H groups in total. The lowest BCUT2D eigenvalue weighted by Crippen LogP contribution is -2.24. The van der Waals surface area contributed by atoms with Gasteiger partial charge >= 0.3 is 0 Å². The summed E-state index contributed by atoms with van der Waals surface area (Å²) in [5.41, 5.74) is 2.01. The molecular weight excluding hydrogens is 280 g/mol. The van der Waals surface area contributed by atoms with Gasteiger partial charge in [-0.2, -0.15) is 0 Å². The summed E-state index contributed by atoms with van der Waals surface area (Å²) in [5, 5.41) is 3.43. The molecule has 1 aliphatic rings. The van der Waals surface area contributed by atoms with Crippen LogP contribution in [0.5, 0.6) is 5.75 Å². The Kier molecular flexibility index (Phi) is 2.73. The Morgan fingerprint density at radius 1 is 1.29 bits per heavy atom. The number of aromatic nitrogens is 1. The van der Waals surface area contributed by atoms with E-state index >= 15 is 0 Å². The third kappa shape index (κ3) is 2.13. The van der Waals surface area contributed by atoms with Crippen LogP contribution in [0.1, 0.15) is 11.7 Å². The molecule has 2 aromatic rings. The zero-order chi connectivity index (χ0) is 11.7. The third-order valence-corrected chi connectivity index (χ3v) is 3.22. The molecule has 1 aromatic carbocycles. The highest BCUT2D eigenvalue weighted by molar-refractivity contribution is 9.10. The molecule has 0 saturated carbocycles. The molecule has 0 fully saturated rings. The fourth-order valence-electron chi connectivity index (χ4n) is 1.88. The van der Waals surface area contributed by atoms with Gasteiger partial charge in [0.15, 0.2) is 0 Å². The van der Waals surface area contributed by atoms with E-state index in [9.17, 15) is 0 Å². The van der Waals surface area contributed by atoms with Gasteiger partial charge in [0.05, 0.1) is 11.4 Å². The number of halogens is 1. The molecule has 3 nitrogen and oxygen atoms in total. The van der Waals surface area contributed by atoms with Crippen LogP contribution < -0.4 is 10.1 Å². The fourth-order valence-corrected chi connectivity index (χ4v) is 2.22. The molecule has 1 atom stereocenters. The van der Waals surface area contributed by atoms with Crippen LogP contribution in [-0.2, 0) is 0 Å². The summed E-state index contributed by atoms with van der Waals surface area (Å²) in [4.78, 5) is 4.34. The molecule has 0 bridgehead atoms. The number of hydrogen-bond donors (Lipinski definition) is 1. The average Bonchev–Trinajstić information content (AvgIpc) is 2.39.